The summed E-state index contributed by atoms with van der Waals surface area (Å²) in [4.78, 5) is 31.7. The van der Waals surface area contributed by atoms with Gasteiger partial charge in [-0.25, -0.2) is 14.3 Å². The minimum absolute atomic E-state index is 0.104. The molecule has 0 bridgehead atoms. The van der Waals surface area contributed by atoms with E-state index in [0.29, 0.717) is 43.3 Å². The number of rotatable bonds is 9. The normalized spacial score (nSPS) is 15.4. The van der Waals surface area contributed by atoms with E-state index in [-0.39, 0.29) is 24.4 Å². The van der Waals surface area contributed by atoms with Gasteiger partial charge in [-0.2, -0.15) is 5.10 Å². The Hall–Kier alpha value is -4.24. The quantitative estimate of drug-likeness (QED) is 0.229. The molecule has 2 N–H and O–H groups in total. The summed E-state index contributed by atoms with van der Waals surface area (Å²) in [5.74, 6) is 1.02. The number of fused-ring (bicyclic) bond motifs is 1. The van der Waals surface area contributed by atoms with Gasteiger partial charge in [0.25, 0.3) is 0 Å². The van der Waals surface area contributed by atoms with Crippen molar-refractivity contribution in [1.82, 2.24) is 19.5 Å². The number of Topliss-reactive ketones (excluding diaryl/α,β-unsaturated/α-hetero) is 1. The zero-order valence-electron chi connectivity index (χ0n) is 25.3. The topological polar surface area (TPSA) is 109 Å². The molecule has 2 aromatic heterocycles. The number of carbonyl (C=O) groups excluding carboxylic acids is 2. The number of hydrogen-bond acceptors (Lipinski definition) is 7. The molecule has 4 aromatic rings. The van der Waals surface area contributed by atoms with Crippen LogP contribution in [0.4, 0.5) is 10.5 Å². The smallest absolute Gasteiger partial charge is 0.410 e. The number of hydrogen-bond donors (Lipinski definition) is 2. The Labute approximate surface area is 251 Å². The van der Waals surface area contributed by atoms with Crippen molar-refractivity contribution in [2.24, 2.45) is 11.8 Å². The monoisotopic (exact) mass is 581 g/mol. The van der Waals surface area contributed by atoms with E-state index in [1.807, 2.05) is 86.9 Å². The number of benzene rings is 2. The molecule has 0 unspecified atom stereocenters. The predicted molar refractivity (Wildman–Crippen MR) is 166 cm³/mol. The highest BCUT2D eigenvalue weighted by Gasteiger charge is 2.33. The van der Waals surface area contributed by atoms with Gasteiger partial charge in [0.15, 0.2) is 11.4 Å². The van der Waals surface area contributed by atoms with Crippen LogP contribution in [-0.4, -0.2) is 61.7 Å². The van der Waals surface area contributed by atoms with Gasteiger partial charge in [0.1, 0.15) is 5.60 Å². The number of aromatic nitrogens is 3. The van der Waals surface area contributed by atoms with Crippen LogP contribution in [0.15, 0.2) is 54.7 Å². The number of imidazole rings is 1. The van der Waals surface area contributed by atoms with Crippen LogP contribution in [0.25, 0.3) is 28.2 Å². The van der Waals surface area contributed by atoms with Gasteiger partial charge in [-0.1, -0.05) is 36.4 Å². The van der Waals surface area contributed by atoms with Gasteiger partial charge < -0.3 is 20.1 Å². The van der Waals surface area contributed by atoms with E-state index in [2.05, 4.69) is 5.32 Å². The van der Waals surface area contributed by atoms with Crippen molar-refractivity contribution >= 4 is 23.2 Å². The van der Waals surface area contributed by atoms with Crippen LogP contribution >= 0.6 is 0 Å². The summed E-state index contributed by atoms with van der Waals surface area (Å²) in [5.41, 5.74) is 6.74. The molecule has 2 aliphatic rings. The Morgan fingerprint density at radius 3 is 2.53 bits per heavy atom. The first-order chi connectivity index (χ1) is 20.6. The van der Waals surface area contributed by atoms with Crippen LogP contribution in [0.2, 0.25) is 0 Å². The van der Waals surface area contributed by atoms with Crippen LogP contribution in [0.5, 0.6) is 0 Å². The minimum Gasteiger partial charge on any atom is -0.444 e. The van der Waals surface area contributed by atoms with Crippen molar-refractivity contribution in [2.45, 2.75) is 59.2 Å². The summed E-state index contributed by atoms with van der Waals surface area (Å²) >= 11 is 0. The number of aryl methyl sites for hydroxylation is 1. The maximum absolute atomic E-state index is 12.8. The molecule has 1 aliphatic heterocycles. The van der Waals surface area contributed by atoms with E-state index in [4.69, 9.17) is 14.8 Å². The highest BCUT2D eigenvalue weighted by Crippen LogP contribution is 2.35. The van der Waals surface area contributed by atoms with Crippen LogP contribution in [0.3, 0.4) is 0 Å². The van der Waals surface area contributed by atoms with Gasteiger partial charge in [0, 0.05) is 48.7 Å². The second-order valence-corrected chi connectivity index (χ2v) is 12.9. The Morgan fingerprint density at radius 1 is 1.07 bits per heavy atom. The molecule has 9 nitrogen and oxygen atoms in total. The predicted octanol–water partition coefficient (Wildman–Crippen LogP) is 6.13. The van der Waals surface area contributed by atoms with Crippen molar-refractivity contribution in [3.8, 4) is 22.5 Å². The maximum Gasteiger partial charge on any atom is 0.410 e. The van der Waals surface area contributed by atoms with Gasteiger partial charge in [-0.05, 0) is 69.7 Å². The average molecular weight is 582 g/mol. The van der Waals surface area contributed by atoms with Gasteiger partial charge >= 0.3 is 6.09 Å². The zero-order valence-corrected chi connectivity index (χ0v) is 25.3. The van der Waals surface area contributed by atoms with Gasteiger partial charge in [-0.3, -0.25) is 4.79 Å². The zero-order chi connectivity index (χ0) is 30.3. The van der Waals surface area contributed by atoms with E-state index in [1.54, 1.807) is 4.90 Å². The fraction of sp³-hybridized carbons (Fsp3) is 0.412. The number of nitrogens with one attached hydrogen (secondary N) is 1. The number of anilines is 1. The first-order valence-corrected chi connectivity index (χ1v) is 15.0. The number of carbonyl (C=O) groups is 2. The molecular weight excluding hydrogens is 542 g/mol. The third-order valence-corrected chi connectivity index (χ3v) is 8.11. The van der Waals surface area contributed by atoms with Crippen LogP contribution < -0.4 is 5.32 Å². The number of ether oxygens (including phenoxy) is 1. The van der Waals surface area contributed by atoms with E-state index in [9.17, 15) is 14.7 Å². The molecule has 43 heavy (non-hydrogen) atoms. The van der Waals surface area contributed by atoms with Crippen molar-refractivity contribution in [3.63, 3.8) is 0 Å². The molecule has 224 valence electrons. The lowest BCUT2D eigenvalue weighted by Crippen LogP contribution is -2.53. The van der Waals surface area contributed by atoms with E-state index < -0.39 is 5.60 Å². The van der Waals surface area contributed by atoms with Crippen LogP contribution in [0.1, 0.15) is 61.5 Å². The molecule has 1 amide bonds. The van der Waals surface area contributed by atoms with Crippen molar-refractivity contribution in [2.75, 3.05) is 25.0 Å². The third-order valence-electron chi connectivity index (χ3n) is 8.11. The SMILES string of the molecule is Cc1cc(-c2cnc3c(NCC4CN(C(=O)OC(C)(C)C)C4)cc(-c4ccccc4CO)nn23)ccc1C(=O)CC1CC1. The maximum atomic E-state index is 12.8. The van der Waals surface area contributed by atoms with Crippen molar-refractivity contribution < 1.29 is 19.4 Å². The Bertz CT molecular complexity index is 1680. The van der Waals surface area contributed by atoms with Gasteiger partial charge in [-0.15, -0.1) is 0 Å². The number of aliphatic hydroxyl groups is 1. The standard InChI is InChI=1S/C34H39N5O4/c1-21-13-24(11-12-26(21)31(41)14-22-9-10-22)30-17-36-32-29(35-16-23-18-38(19-23)33(42)43-34(2,3)4)15-28(37-39(30)32)27-8-6-5-7-25(27)20-40/h5-8,11-13,15,17,22-23,35,40H,9-10,14,16,18-20H2,1-4H3. The number of amides is 1. The molecule has 0 spiro atoms. The number of nitrogens with zero attached hydrogens (tertiary/aromatic N) is 4. The van der Waals surface area contributed by atoms with Gasteiger partial charge in [0.05, 0.1) is 29.9 Å². The van der Waals surface area contributed by atoms with Crippen molar-refractivity contribution in [3.05, 3.63) is 71.4 Å². The van der Waals surface area contributed by atoms with Crippen LogP contribution in [0, 0.1) is 18.8 Å². The summed E-state index contributed by atoms with van der Waals surface area (Å²) in [6, 6.07) is 15.6. The van der Waals surface area contributed by atoms with Crippen LogP contribution in [-0.2, 0) is 11.3 Å². The highest BCUT2D eigenvalue weighted by atomic mass is 16.6. The Balaban J connectivity index is 1.30. The molecule has 9 heteroatoms. The molecule has 0 atom stereocenters. The lowest BCUT2D eigenvalue weighted by Gasteiger charge is -2.40. The second kappa shape index (κ2) is 11.4. The summed E-state index contributed by atoms with van der Waals surface area (Å²) in [5, 5.41) is 18.6. The molecule has 1 saturated carbocycles. The van der Waals surface area contributed by atoms with Gasteiger partial charge in [0.2, 0.25) is 0 Å². The number of likely N-dealkylation sites (tertiary alicyclic amines) is 1. The molecule has 2 fully saturated rings. The number of aliphatic hydroxyl groups excluding tert-OH is 1. The molecule has 1 saturated heterocycles. The molecule has 1 aliphatic carbocycles. The molecule has 2 aromatic carbocycles. The fourth-order valence-electron chi connectivity index (χ4n) is 5.59. The Morgan fingerprint density at radius 2 is 1.84 bits per heavy atom. The van der Waals surface area contributed by atoms with E-state index in [0.717, 1.165) is 52.0 Å². The van der Waals surface area contributed by atoms with E-state index >= 15 is 0 Å². The fourth-order valence-corrected chi connectivity index (χ4v) is 5.59. The second-order valence-electron chi connectivity index (χ2n) is 12.9. The molecule has 3 heterocycles. The highest BCUT2D eigenvalue weighted by molar-refractivity contribution is 5.98. The Kier molecular flexibility index (Phi) is 7.68. The summed E-state index contributed by atoms with van der Waals surface area (Å²) in [6.07, 6.45) is 4.44. The summed E-state index contributed by atoms with van der Waals surface area (Å²) in [7, 11) is 0. The minimum atomic E-state index is -0.520. The largest absolute Gasteiger partial charge is 0.444 e. The first-order valence-electron chi connectivity index (χ1n) is 15.0. The van der Waals surface area contributed by atoms with E-state index in [1.165, 1.54) is 0 Å². The summed E-state index contributed by atoms with van der Waals surface area (Å²) in [6.45, 7) is 9.38. The first kappa shape index (κ1) is 28.9. The molecule has 6 rings (SSSR count). The summed E-state index contributed by atoms with van der Waals surface area (Å²) < 4.78 is 7.33. The lowest BCUT2D eigenvalue weighted by atomic mass is 9.98. The lowest BCUT2D eigenvalue weighted by molar-refractivity contribution is 0.000836. The average Bonchev–Trinajstić information content (AvgIpc) is 3.65. The number of ketones is 1. The molecular formula is C34H39N5O4. The van der Waals surface area contributed by atoms with Crippen molar-refractivity contribution in [1.29, 1.82) is 0 Å². The third kappa shape index (κ3) is 6.27. The molecule has 0 radical (unpaired) electrons.